The molecule has 33 heavy (non-hydrogen) atoms. The molecule has 1 N–H and O–H groups in total. The zero-order valence-corrected chi connectivity index (χ0v) is 20.0. The van der Waals surface area contributed by atoms with Crippen molar-refractivity contribution in [3.8, 4) is 0 Å². The van der Waals surface area contributed by atoms with Gasteiger partial charge in [0.2, 0.25) is 17.7 Å². The van der Waals surface area contributed by atoms with E-state index in [1.807, 2.05) is 30.3 Å². The van der Waals surface area contributed by atoms with Gasteiger partial charge in [-0.05, 0) is 69.8 Å². The molecule has 1 heterocycles. The van der Waals surface area contributed by atoms with E-state index in [4.69, 9.17) is 11.6 Å². The molecule has 7 heteroatoms. The van der Waals surface area contributed by atoms with Crippen molar-refractivity contribution < 1.29 is 14.4 Å². The van der Waals surface area contributed by atoms with Crippen LogP contribution in [-0.2, 0) is 20.8 Å². The van der Waals surface area contributed by atoms with Crippen LogP contribution in [-0.4, -0.2) is 28.7 Å². The summed E-state index contributed by atoms with van der Waals surface area (Å²) in [7, 11) is 0. The van der Waals surface area contributed by atoms with Crippen molar-refractivity contribution in [1.82, 2.24) is 4.90 Å². The second kappa shape index (κ2) is 7.81. The number of rotatable bonds is 5. The molecule has 7 unspecified atom stereocenters. The molecule has 3 fully saturated rings. The van der Waals surface area contributed by atoms with Crippen LogP contribution in [0.25, 0.3) is 0 Å². The topological polar surface area (TPSA) is 66.5 Å². The minimum absolute atomic E-state index is 0.122. The number of hydrogen-bond donors (Lipinski definition) is 1. The van der Waals surface area contributed by atoms with E-state index in [0.717, 1.165) is 16.5 Å². The summed E-state index contributed by atoms with van der Waals surface area (Å²) >= 11 is 9.55. The van der Waals surface area contributed by atoms with E-state index in [0.29, 0.717) is 22.5 Å². The molecule has 0 aromatic heterocycles. The summed E-state index contributed by atoms with van der Waals surface area (Å²) in [6.45, 7) is 0. The average Bonchev–Trinajstić information content (AvgIpc) is 3.59. The standard InChI is InChI=1S/C26H22BrClN2O3/c27-19-9-6-14(11-20(19)28)29-24(31)21(10-13-4-2-1-3-5-13)30-25(32)22-15-7-8-16(18-12-17(15)18)23(22)26(30)33/h1-9,11,15-18,21-23H,10,12H2,(H,29,31). The SMILES string of the molecule is O=C(Nc1ccc(Br)c(Cl)c1)C(Cc1ccccc1)N1C(=O)C2C3C=CC(C4CC34)C2C1=O. The molecule has 7 atom stereocenters. The molecular weight excluding hydrogens is 504 g/mol. The van der Waals surface area contributed by atoms with Crippen molar-refractivity contribution in [3.63, 3.8) is 0 Å². The van der Waals surface area contributed by atoms with Gasteiger partial charge in [-0.2, -0.15) is 0 Å². The molecule has 5 aliphatic rings. The first kappa shape index (κ1) is 21.1. The highest BCUT2D eigenvalue weighted by atomic mass is 79.9. The first-order chi connectivity index (χ1) is 15.9. The van der Waals surface area contributed by atoms with Crippen molar-refractivity contribution in [2.24, 2.45) is 35.5 Å². The molecule has 4 aliphatic carbocycles. The van der Waals surface area contributed by atoms with Crippen molar-refractivity contribution in [2.45, 2.75) is 18.9 Å². The maximum absolute atomic E-state index is 13.7. The van der Waals surface area contributed by atoms with E-state index in [2.05, 4.69) is 33.4 Å². The lowest BCUT2D eigenvalue weighted by molar-refractivity contribution is -0.146. The van der Waals surface area contributed by atoms with E-state index in [1.165, 1.54) is 4.90 Å². The first-order valence-electron chi connectivity index (χ1n) is 11.3. The fourth-order valence-electron chi connectivity index (χ4n) is 6.23. The highest BCUT2D eigenvalue weighted by molar-refractivity contribution is 9.10. The minimum atomic E-state index is -0.920. The lowest BCUT2D eigenvalue weighted by Gasteiger charge is -2.37. The monoisotopic (exact) mass is 524 g/mol. The largest absolute Gasteiger partial charge is 0.324 e. The number of hydrogen-bond acceptors (Lipinski definition) is 3. The normalized spacial score (nSPS) is 31.9. The maximum atomic E-state index is 13.7. The smallest absolute Gasteiger partial charge is 0.248 e. The molecule has 0 spiro atoms. The Labute approximate surface area is 205 Å². The van der Waals surface area contributed by atoms with Crippen molar-refractivity contribution in [3.05, 3.63) is 75.7 Å². The number of benzene rings is 2. The summed E-state index contributed by atoms with van der Waals surface area (Å²) in [5, 5.41) is 3.35. The lowest BCUT2D eigenvalue weighted by atomic mass is 9.63. The first-order valence-corrected chi connectivity index (χ1v) is 12.5. The number of carbonyl (C=O) groups is 3. The average molecular weight is 526 g/mol. The van der Waals surface area contributed by atoms with Gasteiger partial charge in [0.05, 0.1) is 16.9 Å². The van der Waals surface area contributed by atoms with E-state index in [1.54, 1.807) is 18.2 Å². The van der Waals surface area contributed by atoms with Crippen LogP contribution in [0.4, 0.5) is 5.69 Å². The number of imide groups is 1. The molecule has 168 valence electrons. The van der Waals surface area contributed by atoms with Gasteiger partial charge < -0.3 is 5.32 Å². The fourth-order valence-corrected chi connectivity index (χ4v) is 6.65. The minimum Gasteiger partial charge on any atom is -0.324 e. The number of likely N-dealkylation sites (tertiary alicyclic amines) is 1. The Balaban J connectivity index is 1.33. The van der Waals surface area contributed by atoms with E-state index in [-0.39, 0.29) is 47.8 Å². The Morgan fingerprint density at radius 2 is 1.67 bits per heavy atom. The van der Waals surface area contributed by atoms with Gasteiger partial charge in [-0.15, -0.1) is 0 Å². The summed E-state index contributed by atoms with van der Waals surface area (Å²) in [5.41, 5.74) is 1.41. The number of nitrogens with zero attached hydrogens (tertiary/aromatic N) is 1. The van der Waals surface area contributed by atoms with E-state index in [9.17, 15) is 14.4 Å². The molecule has 1 saturated heterocycles. The number of nitrogens with one attached hydrogen (secondary N) is 1. The molecule has 3 amide bonds. The van der Waals surface area contributed by atoms with E-state index < -0.39 is 6.04 Å². The van der Waals surface area contributed by atoms with Crippen LogP contribution < -0.4 is 5.32 Å². The molecule has 2 bridgehead atoms. The van der Waals surface area contributed by atoms with Crippen molar-refractivity contribution >= 4 is 50.9 Å². The molecular formula is C26H22BrClN2O3. The number of anilines is 1. The number of carbonyl (C=O) groups excluding carboxylic acids is 3. The molecule has 2 aromatic carbocycles. The van der Waals surface area contributed by atoms with Gasteiger partial charge in [0.1, 0.15) is 6.04 Å². The van der Waals surface area contributed by atoms with Gasteiger partial charge in [0.15, 0.2) is 0 Å². The van der Waals surface area contributed by atoms with Gasteiger partial charge >= 0.3 is 0 Å². The highest BCUT2D eigenvalue weighted by Crippen LogP contribution is 2.65. The number of halogens is 2. The highest BCUT2D eigenvalue weighted by Gasteiger charge is 2.67. The summed E-state index contributed by atoms with van der Waals surface area (Å²) in [6, 6.07) is 13.7. The van der Waals surface area contributed by atoms with E-state index >= 15 is 0 Å². The Bertz CT molecular complexity index is 1160. The maximum Gasteiger partial charge on any atom is 0.248 e. The zero-order chi connectivity index (χ0) is 22.9. The molecule has 1 aliphatic heterocycles. The van der Waals surface area contributed by atoms with Crippen LogP contribution in [0.2, 0.25) is 5.02 Å². The third-order valence-electron chi connectivity index (χ3n) is 7.77. The zero-order valence-electron chi connectivity index (χ0n) is 17.7. The van der Waals surface area contributed by atoms with Crippen LogP contribution in [0.5, 0.6) is 0 Å². The number of amides is 3. The van der Waals surface area contributed by atoms with Gasteiger partial charge in [0, 0.05) is 16.6 Å². The Kier molecular flexibility index (Phi) is 5.00. The Morgan fingerprint density at radius 1 is 1.03 bits per heavy atom. The third-order valence-corrected chi connectivity index (χ3v) is 9.00. The fraction of sp³-hybridized carbons (Fsp3) is 0.346. The second-order valence-corrected chi connectivity index (χ2v) is 10.8. The third kappa shape index (κ3) is 3.38. The Hall–Kier alpha value is -2.44. The van der Waals surface area contributed by atoms with Crippen molar-refractivity contribution in [1.29, 1.82) is 0 Å². The van der Waals surface area contributed by atoms with Gasteiger partial charge in [-0.3, -0.25) is 19.3 Å². The second-order valence-electron chi connectivity index (χ2n) is 9.52. The van der Waals surface area contributed by atoms with Crippen LogP contribution in [0.3, 0.4) is 0 Å². The molecule has 2 aromatic rings. The summed E-state index contributed by atoms with van der Waals surface area (Å²) in [4.78, 5) is 42.1. The predicted molar refractivity (Wildman–Crippen MR) is 128 cm³/mol. The van der Waals surface area contributed by atoms with Gasteiger partial charge in [0.25, 0.3) is 0 Å². The van der Waals surface area contributed by atoms with Gasteiger partial charge in [-0.25, -0.2) is 0 Å². The molecule has 7 rings (SSSR count). The quantitative estimate of drug-likeness (QED) is 0.454. The lowest BCUT2D eigenvalue weighted by Crippen LogP contribution is -2.49. The predicted octanol–water partition coefficient (Wildman–Crippen LogP) is 4.71. The molecule has 0 radical (unpaired) electrons. The van der Waals surface area contributed by atoms with Gasteiger partial charge in [-0.1, -0.05) is 54.1 Å². The summed E-state index contributed by atoms with van der Waals surface area (Å²) < 4.78 is 0.721. The van der Waals surface area contributed by atoms with Crippen LogP contribution in [0, 0.1) is 35.5 Å². The molecule has 2 saturated carbocycles. The van der Waals surface area contributed by atoms with Crippen molar-refractivity contribution in [2.75, 3.05) is 5.32 Å². The number of allylic oxidation sites excluding steroid dienone is 2. The Morgan fingerprint density at radius 3 is 2.27 bits per heavy atom. The molecule has 5 nitrogen and oxygen atoms in total. The summed E-state index contributed by atoms with van der Waals surface area (Å²) in [6.07, 6.45) is 5.66. The van der Waals surface area contributed by atoms with Crippen LogP contribution >= 0.6 is 27.5 Å². The van der Waals surface area contributed by atoms with Crippen LogP contribution in [0.15, 0.2) is 65.2 Å². The summed E-state index contributed by atoms with van der Waals surface area (Å²) in [5.74, 6) is -0.154. The van der Waals surface area contributed by atoms with Crippen LogP contribution in [0.1, 0.15) is 12.0 Å².